The number of benzene rings is 1. The molecule has 32 heavy (non-hydrogen) atoms. The summed E-state index contributed by atoms with van der Waals surface area (Å²) in [7, 11) is 2.91. The van der Waals surface area contributed by atoms with E-state index in [1.54, 1.807) is 21.1 Å². The van der Waals surface area contributed by atoms with E-state index in [0.29, 0.717) is 19.6 Å². The third kappa shape index (κ3) is 8.35. The first-order valence-corrected chi connectivity index (χ1v) is 14.1. The second-order valence-corrected chi connectivity index (χ2v) is 14.8. The Labute approximate surface area is 196 Å². The highest BCUT2D eigenvalue weighted by Crippen LogP contribution is 2.36. The zero-order valence-corrected chi connectivity index (χ0v) is 22.7. The first-order valence-electron chi connectivity index (χ1n) is 11.2. The standard InChI is InChI=1S/C25H43NO5Si/c1-20(18-31-32(9,10)24(2,3)4)12-11-17-25(5,23(27)26(6)29-8)30-19-21-13-15-22(28-7)16-14-21/h11-16,20H,17-19H2,1-10H3/b12-11+/t20-,25-/m1/s1. The largest absolute Gasteiger partial charge is 0.497 e. The molecular formula is C25H43NO5Si. The normalized spacial score (nSPS) is 15.4. The third-order valence-corrected chi connectivity index (χ3v) is 10.7. The van der Waals surface area contributed by atoms with E-state index in [1.165, 1.54) is 12.2 Å². The minimum Gasteiger partial charge on any atom is -0.497 e. The molecule has 7 heteroatoms. The van der Waals surface area contributed by atoms with Crippen LogP contribution in [0.1, 0.15) is 46.6 Å². The van der Waals surface area contributed by atoms with Gasteiger partial charge in [0.25, 0.3) is 5.91 Å². The number of carbonyl (C=O) groups is 1. The lowest BCUT2D eigenvalue weighted by atomic mass is 9.99. The Morgan fingerprint density at radius 2 is 1.72 bits per heavy atom. The van der Waals surface area contributed by atoms with Gasteiger partial charge in [0.1, 0.15) is 11.4 Å². The Morgan fingerprint density at radius 3 is 2.22 bits per heavy atom. The van der Waals surface area contributed by atoms with E-state index in [4.69, 9.17) is 18.7 Å². The van der Waals surface area contributed by atoms with Crippen molar-refractivity contribution in [2.45, 2.75) is 71.4 Å². The molecule has 2 atom stereocenters. The zero-order valence-electron chi connectivity index (χ0n) is 21.7. The molecule has 0 fully saturated rings. The molecule has 1 aromatic rings. The van der Waals surface area contributed by atoms with Crippen LogP contribution in [0.2, 0.25) is 18.1 Å². The third-order valence-electron chi connectivity index (χ3n) is 6.21. The second kappa shape index (κ2) is 12.0. The molecule has 0 aliphatic heterocycles. The quantitative estimate of drug-likeness (QED) is 0.229. The van der Waals surface area contributed by atoms with Crippen LogP contribution in [-0.4, -0.2) is 52.8 Å². The minimum atomic E-state index is -1.78. The van der Waals surface area contributed by atoms with Crippen molar-refractivity contribution in [1.82, 2.24) is 5.06 Å². The van der Waals surface area contributed by atoms with Gasteiger partial charge in [-0.15, -0.1) is 0 Å². The number of carbonyl (C=O) groups excluding carboxylic acids is 1. The molecule has 1 rings (SSSR count). The monoisotopic (exact) mass is 465 g/mol. The molecule has 0 aliphatic rings. The minimum absolute atomic E-state index is 0.182. The highest BCUT2D eigenvalue weighted by molar-refractivity contribution is 6.74. The summed E-state index contributed by atoms with van der Waals surface area (Å²) in [6, 6.07) is 7.62. The topological polar surface area (TPSA) is 57.2 Å². The lowest BCUT2D eigenvalue weighted by Crippen LogP contribution is -2.46. The van der Waals surface area contributed by atoms with Crippen molar-refractivity contribution in [3.8, 4) is 5.75 Å². The Kier molecular flexibility index (Phi) is 10.6. The number of amides is 1. The van der Waals surface area contributed by atoms with Gasteiger partial charge in [0, 0.05) is 20.1 Å². The number of hydrogen-bond donors (Lipinski definition) is 0. The van der Waals surface area contributed by atoms with Gasteiger partial charge in [-0.25, -0.2) is 5.06 Å². The average Bonchev–Trinajstić information content (AvgIpc) is 2.74. The van der Waals surface area contributed by atoms with E-state index in [2.05, 4.69) is 46.9 Å². The molecule has 6 nitrogen and oxygen atoms in total. The molecule has 0 N–H and O–H groups in total. The van der Waals surface area contributed by atoms with Crippen molar-refractivity contribution in [2.24, 2.45) is 5.92 Å². The molecule has 0 radical (unpaired) electrons. The van der Waals surface area contributed by atoms with Gasteiger partial charge in [-0.05, 0) is 48.7 Å². The number of hydrogen-bond acceptors (Lipinski definition) is 5. The Morgan fingerprint density at radius 1 is 1.12 bits per heavy atom. The Bertz CT molecular complexity index is 742. The van der Waals surface area contributed by atoms with Gasteiger partial charge in [0.2, 0.25) is 0 Å². The van der Waals surface area contributed by atoms with Crippen LogP contribution in [0.25, 0.3) is 0 Å². The average molecular weight is 466 g/mol. The number of hydroxylamine groups is 2. The SMILES string of the molecule is COc1ccc(CO[C@](C)(C/C=C/[C@@H](C)CO[Si](C)(C)C(C)(C)C)C(=O)N(C)OC)cc1. The van der Waals surface area contributed by atoms with Crippen molar-refractivity contribution in [1.29, 1.82) is 0 Å². The van der Waals surface area contributed by atoms with Gasteiger partial charge in [0.15, 0.2) is 8.32 Å². The van der Waals surface area contributed by atoms with E-state index in [-0.39, 0.29) is 16.9 Å². The van der Waals surface area contributed by atoms with Crippen molar-refractivity contribution in [3.05, 3.63) is 42.0 Å². The molecule has 0 unspecified atom stereocenters. The number of likely N-dealkylation sites (N-methyl/N-ethyl adjacent to an activating group) is 1. The van der Waals surface area contributed by atoms with Crippen LogP contribution in [0.3, 0.4) is 0 Å². The molecule has 0 saturated carbocycles. The fraction of sp³-hybridized carbons (Fsp3) is 0.640. The molecule has 0 heterocycles. The summed E-state index contributed by atoms with van der Waals surface area (Å²) in [6.45, 7) is 16.1. The summed E-state index contributed by atoms with van der Waals surface area (Å²) in [4.78, 5) is 18.1. The van der Waals surface area contributed by atoms with Gasteiger partial charge in [-0.2, -0.15) is 0 Å². The van der Waals surface area contributed by atoms with E-state index in [9.17, 15) is 4.79 Å². The fourth-order valence-corrected chi connectivity index (χ4v) is 3.84. The Hall–Kier alpha value is -1.67. The predicted molar refractivity (Wildman–Crippen MR) is 132 cm³/mol. The fourth-order valence-electron chi connectivity index (χ4n) is 2.73. The zero-order chi connectivity index (χ0) is 24.6. The number of methoxy groups -OCH3 is 1. The molecule has 0 aromatic heterocycles. The first kappa shape index (κ1) is 28.4. The summed E-state index contributed by atoms with van der Waals surface area (Å²) in [5, 5.41) is 1.40. The summed E-state index contributed by atoms with van der Waals surface area (Å²) < 4.78 is 17.6. The van der Waals surface area contributed by atoms with Crippen molar-refractivity contribution in [3.63, 3.8) is 0 Å². The van der Waals surface area contributed by atoms with Gasteiger partial charge in [-0.3, -0.25) is 9.63 Å². The van der Waals surface area contributed by atoms with Crippen molar-refractivity contribution in [2.75, 3.05) is 27.9 Å². The summed E-state index contributed by atoms with van der Waals surface area (Å²) in [5.74, 6) is 0.789. The van der Waals surface area contributed by atoms with Crippen LogP contribution in [-0.2, 0) is 25.4 Å². The van der Waals surface area contributed by atoms with E-state index in [0.717, 1.165) is 11.3 Å². The van der Waals surface area contributed by atoms with Crippen LogP contribution in [0.5, 0.6) is 5.75 Å². The van der Waals surface area contributed by atoms with Crippen LogP contribution in [0, 0.1) is 5.92 Å². The molecule has 182 valence electrons. The predicted octanol–water partition coefficient (Wildman–Crippen LogP) is 5.59. The second-order valence-electron chi connectivity index (χ2n) is 10.0. The molecule has 0 bridgehead atoms. The van der Waals surface area contributed by atoms with Crippen LogP contribution < -0.4 is 4.74 Å². The molecule has 0 saturated heterocycles. The maximum Gasteiger partial charge on any atom is 0.278 e. The maximum absolute atomic E-state index is 13.0. The van der Waals surface area contributed by atoms with Crippen LogP contribution >= 0.6 is 0 Å². The maximum atomic E-state index is 13.0. The molecular weight excluding hydrogens is 422 g/mol. The van der Waals surface area contributed by atoms with Gasteiger partial charge in [-0.1, -0.05) is 52.0 Å². The van der Waals surface area contributed by atoms with Crippen LogP contribution in [0.15, 0.2) is 36.4 Å². The molecule has 0 spiro atoms. The molecule has 0 aliphatic carbocycles. The number of nitrogens with zero attached hydrogens (tertiary/aromatic N) is 1. The van der Waals surface area contributed by atoms with Gasteiger partial charge >= 0.3 is 0 Å². The van der Waals surface area contributed by atoms with Crippen molar-refractivity contribution < 1.29 is 23.5 Å². The molecule has 1 amide bonds. The highest BCUT2D eigenvalue weighted by atomic mass is 28.4. The Balaban J connectivity index is 2.81. The lowest BCUT2D eigenvalue weighted by Gasteiger charge is -2.36. The first-order chi connectivity index (χ1) is 14.8. The van der Waals surface area contributed by atoms with Crippen molar-refractivity contribution >= 4 is 14.2 Å². The van der Waals surface area contributed by atoms with Gasteiger partial charge < -0.3 is 13.9 Å². The van der Waals surface area contributed by atoms with E-state index < -0.39 is 13.9 Å². The molecule has 1 aromatic carbocycles. The summed E-state index contributed by atoms with van der Waals surface area (Å²) >= 11 is 0. The van der Waals surface area contributed by atoms with E-state index in [1.807, 2.05) is 30.3 Å². The number of ether oxygens (including phenoxy) is 2. The highest BCUT2D eigenvalue weighted by Gasteiger charge is 2.38. The van der Waals surface area contributed by atoms with Crippen LogP contribution in [0.4, 0.5) is 0 Å². The smallest absolute Gasteiger partial charge is 0.278 e. The number of rotatable bonds is 12. The summed E-state index contributed by atoms with van der Waals surface area (Å²) in [5.41, 5.74) is -0.0914. The lowest BCUT2D eigenvalue weighted by molar-refractivity contribution is -0.193. The summed E-state index contributed by atoms with van der Waals surface area (Å²) in [6.07, 6.45) is 4.54. The van der Waals surface area contributed by atoms with E-state index >= 15 is 0 Å². The van der Waals surface area contributed by atoms with Gasteiger partial charge in [0.05, 0.1) is 20.8 Å².